The Hall–Kier alpha value is 0.230. The van der Waals surface area contributed by atoms with Crippen molar-refractivity contribution in [1.82, 2.24) is 10.2 Å². The summed E-state index contributed by atoms with van der Waals surface area (Å²) < 4.78 is 6.39. The summed E-state index contributed by atoms with van der Waals surface area (Å²) in [7, 11) is 0. The Bertz CT molecular complexity index is 332. The van der Waals surface area contributed by atoms with Crippen molar-refractivity contribution < 1.29 is 4.74 Å². The maximum atomic E-state index is 6.39. The molecule has 0 aromatic rings. The second-order valence-corrected chi connectivity index (χ2v) is 8.94. The van der Waals surface area contributed by atoms with E-state index in [0.717, 1.165) is 18.3 Å². The van der Waals surface area contributed by atoms with E-state index in [9.17, 15) is 0 Å². The second-order valence-electron chi connectivity index (χ2n) is 7.39. The number of hydrogen-bond donors (Lipinski definition) is 1. The third kappa shape index (κ3) is 3.52. The van der Waals surface area contributed by atoms with Crippen molar-refractivity contribution in [3.8, 4) is 0 Å². The molecule has 2 aliphatic rings. The maximum absolute atomic E-state index is 6.39. The Labute approximate surface area is 129 Å². The van der Waals surface area contributed by atoms with Crippen LogP contribution >= 0.6 is 11.8 Å². The largest absolute Gasteiger partial charge is 0.368 e. The minimum absolute atomic E-state index is 0.0514. The van der Waals surface area contributed by atoms with Crippen LogP contribution in [0.5, 0.6) is 0 Å². The van der Waals surface area contributed by atoms with Crippen LogP contribution in [0, 0.1) is 5.92 Å². The van der Waals surface area contributed by atoms with Gasteiger partial charge in [0.25, 0.3) is 0 Å². The molecule has 0 aliphatic carbocycles. The molecule has 2 fully saturated rings. The number of rotatable bonds is 4. The summed E-state index contributed by atoms with van der Waals surface area (Å²) in [6.45, 7) is 18.1. The summed E-state index contributed by atoms with van der Waals surface area (Å²) in [6.07, 6.45) is 0. The van der Waals surface area contributed by atoms with Gasteiger partial charge < -0.3 is 15.0 Å². The lowest BCUT2D eigenvalue weighted by molar-refractivity contribution is -0.0795. The van der Waals surface area contributed by atoms with Crippen LogP contribution in [-0.4, -0.2) is 59.3 Å². The molecule has 20 heavy (non-hydrogen) atoms. The first-order chi connectivity index (χ1) is 9.26. The molecular formula is C16H32N2OS. The van der Waals surface area contributed by atoms with E-state index >= 15 is 0 Å². The summed E-state index contributed by atoms with van der Waals surface area (Å²) in [4.78, 5) is 2.64. The molecule has 3 unspecified atom stereocenters. The lowest BCUT2D eigenvalue weighted by Crippen LogP contribution is -2.52. The van der Waals surface area contributed by atoms with Crippen LogP contribution in [0.4, 0.5) is 0 Å². The van der Waals surface area contributed by atoms with Gasteiger partial charge >= 0.3 is 0 Å². The van der Waals surface area contributed by atoms with E-state index < -0.39 is 0 Å². The van der Waals surface area contributed by atoms with Crippen molar-refractivity contribution in [1.29, 1.82) is 0 Å². The molecule has 2 saturated heterocycles. The molecule has 2 rings (SSSR count). The first-order valence-corrected chi connectivity index (χ1v) is 9.08. The number of thioether (sulfide) groups is 1. The van der Waals surface area contributed by atoms with Gasteiger partial charge in [0.2, 0.25) is 0 Å². The summed E-state index contributed by atoms with van der Waals surface area (Å²) >= 11 is 2.10. The van der Waals surface area contributed by atoms with Gasteiger partial charge in [-0.2, -0.15) is 11.8 Å². The molecule has 0 saturated carbocycles. The highest BCUT2D eigenvalue weighted by Gasteiger charge is 2.53. The fourth-order valence-electron chi connectivity index (χ4n) is 3.97. The molecule has 2 heterocycles. The Kier molecular flexibility index (Phi) is 5.11. The van der Waals surface area contributed by atoms with Gasteiger partial charge in [-0.05, 0) is 34.2 Å². The predicted octanol–water partition coefficient (Wildman–Crippen LogP) is 2.61. The number of ether oxygens (including phenoxy) is 1. The van der Waals surface area contributed by atoms with Gasteiger partial charge in [-0.15, -0.1) is 0 Å². The molecule has 4 heteroatoms. The average Bonchev–Trinajstić information content (AvgIpc) is 2.47. The van der Waals surface area contributed by atoms with Crippen molar-refractivity contribution in [2.24, 2.45) is 5.92 Å². The van der Waals surface area contributed by atoms with E-state index in [1.54, 1.807) is 0 Å². The van der Waals surface area contributed by atoms with Crippen LogP contribution in [0.15, 0.2) is 0 Å². The Morgan fingerprint density at radius 3 is 2.55 bits per heavy atom. The fraction of sp³-hybridized carbons (Fsp3) is 1.00. The normalized spacial score (nSPS) is 37.2. The average molecular weight is 301 g/mol. The summed E-state index contributed by atoms with van der Waals surface area (Å²) in [6, 6.07) is 0.437. The second kappa shape index (κ2) is 6.15. The van der Waals surface area contributed by atoms with Crippen LogP contribution in [0.25, 0.3) is 0 Å². The van der Waals surface area contributed by atoms with Gasteiger partial charge in [-0.1, -0.05) is 13.8 Å². The van der Waals surface area contributed by atoms with Crippen LogP contribution in [0.3, 0.4) is 0 Å². The monoisotopic (exact) mass is 300 g/mol. The van der Waals surface area contributed by atoms with Crippen molar-refractivity contribution in [2.75, 3.05) is 31.9 Å². The maximum Gasteiger partial charge on any atom is 0.0790 e. The standard InChI is InChI=1S/C16H32N2OS/c1-7-17-14-13(15(3,4)19-16(14,5)6)11-18-8-9-20-12(2)10-18/h12-14,17H,7-11H2,1-6H3. The molecule has 3 atom stereocenters. The molecule has 0 radical (unpaired) electrons. The summed E-state index contributed by atoms with van der Waals surface area (Å²) in [5.41, 5.74) is -0.134. The highest BCUT2D eigenvalue weighted by atomic mass is 32.2. The fourth-order valence-corrected chi connectivity index (χ4v) is 5.05. The minimum atomic E-state index is -0.0830. The zero-order valence-electron chi connectivity index (χ0n) is 14.0. The highest BCUT2D eigenvalue weighted by Crippen LogP contribution is 2.42. The van der Waals surface area contributed by atoms with Gasteiger partial charge in [0.15, 0.2) is 0 Å². The molecule has 0 aromatic heterocycles. The van der Waals surface area contributed by atoms with Crippen molar-refractivity contribution in [2.45, 2.75) is 64.0 Å². The Balaban J connectivity index is 2.09. The van der Waals surface area contributed by atoms with E-state index in [-0.39, 0.29) is 11.2 Å². The number of nitrogens with zero attached hydrogens (tertiary/aromatic N) is 1. The zero-order chi connectivity index (χ0) is 15.0. The van der Waals surface area contributed by atoms with Crippen LogP contribution < -0.4 is 5.32 Å². The van der Waals surface area contributed by atoms with Gasteiger partial charge in [0, 0.05) is 42.6 Å². The molecule has 0 amide bonds. The molecule has 0 bridgehead atoms. The topological polar surface area (TPSA) is 24.5 Å². The molecular weight excluding hydrogens is 268 g/mol. The SMILES string of the molecule is CCNC1C(CN2CCSC(C)C2)C(C)(C)OC1(C)C. The third-order valence-corrected chi connectivity index (χ3v) is 5.91. The lowest BCUT2D eigenvalue weighted by Gasteiger charge is -2.37. The van der Waals surface area contributed by atoms with Gasteiger partial charge in [0.1, 0.15) is 0 Å². The summed E-state index contributed by atoms with van der Waals surface area (Å²) in [5, 5.41) is 4.45. The lowest BCUT2D eigenvalue weighted by atomic mass is 9.82. The van der Waals surface area contributed by atoms with Crippen molar-refractivity contribution in [3.05, 3.63) is 0 Å². The summed E-state index contributed by atoms with van der Waals surface area (Å²) in [5.74, 6) is 1.82. The van der Waals surface area contributed by atoms with Gasteiger partial charge in [0.05, 0.1) is 11.2 Å². The van der Waals surface area contributed by atoms with Crippen LogP contribution in [-0.2, 0) is 4.74 Å². The van der Waals surface area contributed by atoms with E-state index in [4.69, 9.17) is 4.74 Å². The van der Waals surface area contributed by atoms with E-state index in [1.165, 1.54) is 18.8 Å². The zero-order valence-corrected chi connectivity index (χ0v) is 14.8. The first-order valence-electron chi connectivity index (χ1n) is 8.04. The van der Waals surface area contributed by atoms with Crippen LogP contribution in [0.1, 0.15) is 41.5 Å². The van der Waals surface area contributed by atoms with Gasteiger partial charge in [-0.25, -0.2) is 0 Å². The quantitative estimate of drug-likeness (QED) is 0.862. The highest BCUT2D eigenvalue weighted by molar-refractivity contribution is 7.99. The molecule has 2 aliphatic heterocycles. The molecule has 1 N–H and O–H groups in total. The number of nitrogens with one attached hydrogen (secondary N) is 1. The smallest absolute Gasteiger partial charge is 0.0790 e. The van der Waals surface area contributed by atoms with E-state index in [1.807, 2.05) is 0 Å². The van der Waals surface area contributed by atoms with Crippen molar-refractivity contribution >= 4 is 11.8 Å². The Morgan fingerprint density at radius 2 is 1.95 bits per heavy atom. The third-order valence-electron chi connectivity index (χ3n) is 4.77. The van der Waals surface area contributed by atoms with E-state index in [2.05, 4.69) is 63.5 Å². The molecule has 3 nitrogen and oxygen atoms in total. The van der Waals surface area contributed by atoms with Gasteiger partial charge in [-0.3, -0.25) is 0 Å². The predicted molar refractivity (Wildman–Crippen MR) is 88.6 cm³/mol. The number of hydrogen-bond acceptors (Lipinski definition) is 4. The molecule has 0 aromatic carbocycles. The Morgan fingerprint density at radius 1 is 1.25 bits per heavy atom. The molecule has 118 valence electrons. The minimum Gasteiger partial charge on any atom is -0.368 e. The van der Waals surface area contributed by atoms with Crippen molar-refractivity contribution in [3.63, 3.8) is 0 Å². The first kappa shape index (κ1) is 16.6. The van der Waals surface area contributed by atoms with Crippen LogP contribution in [0.2, 0.25) is 0 Å². The number of likely N-dealkylation sites (N-methyl/N-ethyl adjacent to an activating group) is 1. The van der Waals surface area contributed by atoms with E-state index in [0.29, 0.717) is 12.0 Å². The molecule has 0 spiro atoms.